The number of nitrogens with two attached hydrogens (primary N) is 1. The number of nitrogens with zero attached hydrogens (tertiary/aromatic N) is 1. The second-order valence-corrected chi connectivity index (χ2v) is 4.81. The first-order valence-electron chi connectivity index (χ1n) is 6.41. The fourth-order valence-electron chi connectivity index (χ4n) is 1.63. The highest BCUT2D eigenvalue weighted by atomic mass is 16.3. The summed E-state index contributed by atoms with van der Waals surface area (Å²) in [6.45, 7) is 0.277. The lowest BCUT2D eigenvalue weighted by Crippen LogP contribution is -2.43. The number of amides is 2. The van der Waals surface area contributed by atoms with E-state index >= 15 is 0 Å². The Balaban J connectivity index is 2.36. The van der Waals surface area contributed by atoms with Crippen LogP contribution in [0.25, 0.3) is 0 Å². The van der Waals surface area contributed by atoms with Crippen LogP contribution in [-0.4, -0.2) is 48.5 Å². The zero-order valence-electron chi connectivity index (χ0n) is 11.8. The van der Waals surface area contributed by atoms with Crippen molar-refractivity contribution in [2.45, 2.75) is 18.9 Å². The van der Waals surface area contributed by atoms with Crippen LogP contribution < -0.4 is 11.1 Å². The van der Waals surface area contributed by atoms with Crippen LogP contribution in [-0.2, 0) is 16.0 Å². The van der Waals surface area contributed by atoms with E-state index in [1.807, 2.05) is 0 Å². The van der Waals surface area contributed by atoms with Gasteiger partial charge in [0, 0.05) is 27.1 Å². The Morgan fingerprint density at radius 1 is 1.30 bits per heavy atom. The number of phenols is 1. The van der Waals surface area contributed by atoms with Crippen molar-refractivity contribution in [1.82, 2.24) is 10.2 Å². The van der Waals surface area contributed by atoms with Crippen LogP contribution >= 0.6 is 0 Å². The number of nitrogens with one attached hydrogen (secondary N) is 1. The molecule has 0 unspecified atom stereocenters. The third-order valence-electron chi connectivity index (χ3n) is 2.87. The minimum atomic E-state index is -0.672. The van der Waals surface area contributed by atoms with Crippen LogP contribution in [0.5, 0.6) is 5.75 Å². The fourth-order valence-corrected chi connectivity index (χ4v) is 1.63. The number of rotatable bonds is 6. The molecule has 0 saturated carbocycles. The molecule has 0 heterocycles. The van der Waals surface area contributed by atoms with Crippen molar-refractivity contribution in [3.8, 4) is 5.75 Å². The molecule has 6 nitrogen and oxygen atoms in total. The van der Waals surface area contributed by atoms with Gasteiger partial charge in [-0.2, -0.15) is 0 Å². The van der Waals surface area contributed by atoms with E-state index < -0.39 is 6.04 Å². The maximum Gasteiger partial charge on any atom is 0.237 e. The lowest BCUT2D eigenvalue weighted by Gasteiger charge is -2.14. The minimum Gasteiger partial charge on any atom is -0.508 e. The normalized spacial score (nSPS) is 11.8. The highest BCUT2D eigenvalue weighted by Gasteiger charge is 2.14. The summed E-state index contributed by atoms with van der Waals surface area (Å²) in [5.74, 6) is -0.156. The van der Waals surface area contributed by atoms with Crippen molar-refractivity contribution in [3.63, 3.8) is 0 Å². The van der Waals surface area contributed by atoms with Gasteiger partial charge in [0.15, 0.2) is 0 Å². The smallest absolute Gasteiger partial charge is 0.237 e. The number of benzene rings is 1. The molecule has 6 heteroatoms. The standard InChI is InChI=1S/C14H21N3O3/c1-17(2)13(19)7-8-16-14(20)12(15)9-10-3-5-11(18)6-4-10/h3-6,12,18H,7-9,15H2,1-2H3,(H,16,20)/t12-/m0/s1. The lowest BCUT2D eigenvalue weighted by molar-refractivity contribution is -0.128. The molecule has 0 aromatic heterocycles. The molecule has 0 aliphatic heterocycles. The highest BCUT2D eigenvalue weighted by molar-refractivity contribution is 5.82. The van der Waals surface area contributed by atoms with E-state index in [0.29, 0.717) is 6.42 Å². The summed E-state index contributed by atoms with van der Waals surface area (Å²) in [6, 6.07) is 5.87. The molecule has 0 fully saturated rings. The van der Waals surface area contributed by atoms with E-state index in [-0.39, 0.29) is 30.5 Å². The number of phenolic OH excluding ortho intramolecular Hbond substituents is 1. The average molecular weight is 279 g/mol. The van der Waals surface area contributed by atoms with E-state index in [0.717, 1.165) is 5.56 Å². The van der Waals surface area contributed by atoms with Crippen LogP contribution in [0.3, 0.4) is 0 Å². The van der Waals surface area contributed by atoms with Gasteiger partial charge in [-0.1, -0.05) is 12.1 Å². The van der Waals surface area contributed by atoms with Gasteiger partial charge in [-0.25, -0.2) is 0 Å². The minimum absolute atomic E-state index is 0.0441. The fraction of sp³-hybridized carbons (Fsp3) is 0.429. The van der Waals surface area contributed by atoms with Gasteiger partial charge in [0.25, 0.3) is 0 Å². The average Bonchev–Trinajstić information content (AvgIpc) is 2.40. The molecule has 1 rings (SSSR count). The van der Waals surface area contributed by atoms with Crippen LogP contribution in [0.15, 0.2) is 24.3 Å². The summed E-state index contributed by atoms with van der Waals surface area (Å²) < 4.78 is 0. The molecule has 2 amide bonds. The Morgan fingerprint density at radius 3 is 2.45 bits per heavy atom. The van der Waals surface area contributed by atoms with Gasteiger partial charge < -0.3 is 21.1 Å². The van der Waals surface area contributed by atoms with Gasteiger partial charge in [-0.15, -0.1) is 0 Å². The van der Waals surface area contributed by atoms with Gasteiger partial charge in [0.2, 0.25) is 11.8 Å². The lowest BCUT2D eigenvalue weighted by atomic mass is 10.1. The second kappa shape index (κ2) is 7.49. The van der Waals surface area contributed by atoms with E-state index in [2.05, 4.69) is 5.32 Å². The number of hydrogen-bond donors (Lipinski definition) is 3. The second-order valence-electron chi connectivity index (χ2n) is 4.81. The predicted octanol–water partition coefficient (Wildman–Crippen LogP) is -0.143. The summed E-state index contributed by atoms with van der Waals surface area (Å²) in [6.07, 6.45) is 0.637. The van der Waals surface area contributed by atoms with Crippen molar-refractivity contribution < 1.29 is 14.7 Å². The SMILES string of the molecule is CN(C)C(=O)CCNC(=O)[C@@H](N)Cc1ccc(O)cc1. The van der Waals surface area contributed by atoms with Gasteiger partial charge in [-0.05, 0) is 24.1 Å². The first kappa shape index (κ1) is 16.0. The van der Waals surface area contributed by atoms with Crippen molar-refractivity contribution >= 4 is 11.8 Å². The first-order valence-corrected chi connectivity index (χ1v) is 6.41. The van der Waals surface area contributed by atoms with Crippen molar-refractivity contribution in [2.24, 2.45) is 5.73 Å². The third-order valence-corrected chi connectivity index (χ3v) is 2.87. The zero-order valence-corrected chi connectivity index (χ0v) is 11.8. The molecule has 0 aliphatic rings. The number of carbonyl (C=O) groups is 2. The van der Waals surface area contributed by atoms with E-state index in [4.69, 9.17) is 10.8 Å². The van der Waals surface area contributed by atoms with E-state index in [1.54, 1.807) is 38.4 Å². The molecule has 20 heavy (non-hydrogen) atoms. The topological polar surface area (TPSA) is 95.7 Å². The van der Waals surface area contributed by atoms with Crippen LogP contribution in [0.2, 0.25) is 0 Å². The first-order chi connectivity index (χ1) is 9.40. The Hall–Kier alpha value is -2.08. The molecule has 0 bridgehead atoms. The van der Waals surface area contributed by atoms with E-state index in [9.17, 15) is 9.59 Å². The molecule has 110 valence electrons. The molecule has 1 aromatic carbocycles. The van der Waals surface area contributed by atoms with Gasteiger partial charge >= 0.3 is 0 Å². The Morgan fingerprint density at radius 2 is 1.90 bits per heavy atom. The maximum atomic E-state index is 11.8. The van der Waals surface area contributed by atoms with Crippen LogP contribution in [0.1, 0.15) is 12.0 Å². The number of aromatic hydroxyl groups is 1. The zero-order chi connectivity index (χ0) is 15.1. The molecule has 0 spiro atoms. The molecule has 0 saturated heterocycles. The Bertz CT molecular complexity index is 457. The molecule has 1 aromatic rings. The monoisotopic (exact) mass is 279 g/mol. The van der Waals surface area contributed by atoms with Gasteiger partial charge in [-0.3, -0.25) is 9.59 Å². The highest BCUT2D eigenvalue weighted by Crippen LogP contribution is 2.10. The molecular formula is C14H21N3O3. The van der Waals surface area contributed by atoms with Gasteiger partial charge in [0.05, 0.1) is 6.04 Å². The molecular weight excluding hydrogens is 258 g/mol. The van der Waals surface area contributed by atoms with Crippen molar-refractivity contribution in [1.29, 1.82) is 0 Å². The Kier molecular flexibility index (Phi) is 5.99. The summed E-state index contributed by atoms with van der Waals surface area (Å²) in [7, 11) is 3.33. The number of hydrogen-bond acceptors (Lipinski definition) is 4. The van der Waals surface area contributed by atoms with Crippen molar-refractivity contribution in [3.05, 3.63) is 29.8 Å². The van der Waals surface area contributed by atoms with E-state index in [1.165, 1.54) is 4.90 Å². The summed E-state index contributed by atoms with van der Waals surface area (Å²) >= 11 is 0. The molecule has 1 atom stereocenters. The summed E-state index contributed by atoms with van der Waals surface area (Å²) in [5.41, 5.74) is 6.66. The third kappa shape index (κ3) is 5.27. The maximum absolute atomic E-state index is 11.8. The Labute approximate surface area is 118 Å². The number of carbonyl (C=O) groups excluding carboxylic acids is 2. The predicted molar refractivity (Wildman–Crippen MR) is 76.1 cm³/mol. The summed E-state index contributed by atoms with van der Waals surface area (Å²) in [5, 5.41) is 11.8. The van der Waals surface area contributed by atoms with Crippen LogP contribution in [0, 0.1) is 0 Å². The molecule has 4 N–H and O–H groups in total. The van der Waals surface area contributed by atoms with Crippen molar-refractivity contribution in [2.75, 3.05) is 20.6 Å². The van der Waals surface area contributed by atoms with Crippen LogP contribution in [0.4, 0.5) is 0 Å². The summed E-state index contributed by atoms with van der Waals surface area (Å²) in [4.78, 5) is 24.6. The van der Waals surface area contributed by atoms with Gasteiger partial charge in [0.1, 0.15) is 5.75 Å². The molecule has 0 radical (unpaired) electrons. The largest absolute Gasteiger partial charge is 0.508 e. The quantitative estimate of drug-likeness (QED) is 0.675. The molecule has 0 aliphatic carbocycles.